The van der Waals surface area contributed by atoms with Gasteiger partial charge in [0.2, 0.25) is 0 Å². The van der Waals surface area contributed by atoms with Crippen molar-refractivity contribution in [3.8, 4) is 34.4 Å². The Morgan fingerprint density at radius 3 is 1.12 bits per heavy atom. The van der Waals surface area contributed by atoms with E-state index in [4.69, 9.17) is 76.8 Å². The van der Waals surface area contributed by atoms with Crippen LogP contribution < -0.4 is 62.0 Å². The number of ether oxygens (including phenoxy) is 4. The van der Waals surface area contributed by atoms with E-state index in [2.05, 4.69) is 116 Å². The smallest absolute Gasteiger partial charge is 0.325 e. The van der Waals surface area contributed by atoms with Crippen molar-refractivity contribution in [2.75, 3.05) is 34.7 Å². The van der Waals surface area contributed by atoms with Crippen molar-refractivity contribution in [1.29, 1.82) is 0 Å². The third-order valence-corrected chi connectivity index (χ3v) is 20.3. The van der Waals surface area contributed by atoms with Gasteiger partial charge in [0.05, 0.1) is 56.8 Å². The average Bonchev–Trinajstić information content (AvgIpc) is 1.62. The predicted octanol–water partition coefficient (Wildman–Crippen LogP) is 17.6. The summed E-state index contributed by atoms with van der Waals surface area (Å²) in [5.74, 6) is -0.0116. The monoisotopic (exact) mass is 1430 g/mol. The van der Waals surface area contributed by atoms with Gasteiger partial charge in [0, 0.05) is 53.2 Å². The summed E-state index contributed by atoms with van der Waals surface area (Å²) in [6.07, 6.45) is 1.27. The van der Waals surface area contributed by atoms with E-state index < -0.39 is 53.6 Å². The van der Waals surface area contributed by atoms with Crippen molar-refractivity contribution in [3.63, 3.8) is 0 Å². The summed E-state index contributed by atoms with van der Waals surface area (Å²) in [6.45, 7) is 29.5. The van der Waals surface area contributed by atoms with Crippen LogP contribution in [0.4, 0.5) is 44.0 Å². The first-order valence-corrected chi connectivity index (χ1v) is 34.5. The molecule has 0 radical (unpaired) electrons. The molecular formula is C75H90Cl4N10O10. The highest BCUT2D eigenvalue weighted by molar-refractivity contribution is 6.38. The van der Waals surface area contributed by atoms with E-state index in [0.29, 0.717) is 11.5 Å². The van der Waals surface area contributed by atoms with Gasteiger partial charge in [0.25, 0.3) is 22.9 Å². The van der Waals surface area contributed by atoms with Crippen LogP contribution in [0.3, 0.4) is 0 Å². The van der Waals surface area contributed by atoms with Crippen LogP contribution in [0, 0.1) is 0 Å². The number of anilines is 6. The molecule has 2 aromatic heterocycles. The molecule has 0 aliphatic carbocycles. The van der Waals surface area contributed by atoms with Crippen molar-refractivity contribution in [2.45, 2.75) is 176 Å². The molecule has 0 bridgehead atoms. The molecule has 2 heterocycles. The second-order valence-electron chi connectivity index (χ2n) is 27.0. The fourth-order valence-corrected chi connectivity index (χ4v) is 12.7. The zero-order valence-electron chi connectivity index (χ0n) is 59.0. The summed E-state index contributed by atoms with van der Waals surface area (Å²) < 4.78 is 26.0. The maximum Gasteiger partial charge on any atom is 0.325 e. The van der Waals surface area contributed by atoms with E-state index in [0.717, 1.165) is 67.1 Å². The van der Waals surface area contributed by atoms with Crippen molar-refractivity contribution in [1.82, 2.24) is 19.6 Å². The Morgan fingerprint density at radius 2 is 0.828 bits per heavy atom. The lowest BCUT2D eigenvalue weighted by molar-refractivity contribution is -0.123. The number of hydrogen-bond acceptors (Lipinski definition) is 10. The van der Waals surface area contributed by atoms with Crippen LogP contribution in [0.1, 0.15) is 169 Å². The lowest BCUT2D eigenvalue weighted by atomic mass is 9.76. The predicted molar refractivity (Wildman–Crippen MR) is 398 cm³/mol. The number of primary amides is 2. The fourth-order valence-electron chi connectivity index (χ4n) is 11.4. The molecule has 528 valence electrons. The van der Waals surface area contributed by atoms with Crippen molar-refractivity contribution >= 4 is 105 Å². The Bertz CT molecular complexity index is 4150. The summed E-state index contributed by atoms with van der Waals surface area (Å²) in [7, 11) is 2.80. The Morgan fingerprint density at radius 1 is 0.495 bits per heavy atom. The van der Waals surface area contributed by atoms with Crippen molar-refractivity contribution < 1.29 is 38.1 Å². The second-order valence-corrected chi connectivity index (χ2v) is 28.7. The quantitative estimate of drug-likeness (QED) is 0.0270. The molecule has 99 heavy (non-hydrogen) atoms. The standard InChI is InChI=1S/C75H90Cl4N10O10/c1-17-58(98-60-31-29-42(72(7,8)19-3)33-52(60)74(11,12)21-5)66(90)82-44-25-23-27-46(35-44)86(70(80)94)64-50(68(92)88(84-64)62-54(76)37-48(96-15)38-55(62)77)41-51-65(85-89(69(51)93)63-56(78)39-49(97-16)40-57(63)79)87(71(81)95)47-28-24-26-45(36-47)83-67(91)59(18-2)99-61-32-30-43(73(9,10)20-4)34-53(61)75(13,14)22-6/h23-40,58-59,84-85H,17-22,41H2,1-16H3,(H2,80,94)(H2,81,95)(H,82,90)(H,83,91). The summed E-state index contributed by atoms with van der Waals surface area (Å²) in [5.41, 5.74) is 13.9. The molecule has 0 saturated carbocycles. The van der Waals surface area contributed by atoms with E-state index in [1.807, 2.05) is 38.1 Å². The van der Waals surface area contributed by atoms with Crippen molar-refractivity contribution in [3.05, 3.63) is 183 Å². The van der Waals surface area contributed by atoms with Crippen LogP contribution in [0.2, 0.25) is 20.1 Å². The third-order valence-electron chi connectivity index (χ3n) is 19.2. The minimum Gasteiger partial charge on any atom is -0.497 e. The average molecular weight is 1430 g/mol. The number of nitrogens with zero attached hydrogens (tertiary/aromatic N) is 4. The molecular weight excluding hydrogens is 1340 g/mol. The van der Waals surface area contributed by atoms with Gasteiger partial charge in [-0.25, -0.2) is 28.8 Å². The minimum absolute atomic E-state index is 0.0212. The number of carbonyl (C=O) groups excluding carboxylic acids is 4. The molecule has 8 N–H and O–H groups in total. The Balaban J connectivity index is 1.25. The first-order chi connectivity index (χ1) is 46.6. The fraction of sp³-hybridized carbons (Fsp3) is 0.387. The van der Waals surface area contributed by atoms with E-state index in [9.17, 15) is 19.2 Å². The number of carbonyl (C=O) groups is 4. The van der Waals surface area contributed by atoms with Gasteiger partial charge in [-0.1, -0.05) is 180 Å². The molecule has 0 aliphatic rings. The maximum atomic E-state index is 15.6. The highest BCUT2D eigenvalue weighted by atomic mass is 35.5. The Kier molecular flexibility index (Phi) is 23.6. The van der Waals surface area contributed by atoms with Gasteiger partial charge in [0.1, 0.15) is 46.0 Å². The second kappa shape index (κ2) is 30.7. The molecule has 2 unspecified atom stereocenters. The number of urea groups is 2. The van der Waals surface area contributed by atoms with Crippen LogP contribution in [0.5, 0.6) is 23.0 Å². The van der Waals surface area contributed by atoms with E-state index in [1.54, 1.807) is 24.3 Å². The summed E-state index contributed by atoms with van der Waals surface area (Å²) in [6, 6.07) is 27.9. The molecule has 0 aliphatic heterocycles. The minimum atomic E-state index is -1.15. The van der Waals surface area contributed by atoms with Crippen LogP contribution in [-0.4, -0.2) is 69.9 Å². The van der Waals surface area contributed by atoms with E-state index >= 15 is 9.59 Å². The first kappa shape index (κ1) is 75.9. The number of benzene rings is 6. The van der Waals surface area contributed by atoms with Gasteiger partial charge in [-0.05, 0) is 120 Å². The lowest BCUT2D eigenvalue weighted by Crippen LogP contribution is -2.35. The number of amides is 6. The van der Waals surface area contributed by atoms with Gasteiger partial charge in [-0.2, -0.15) is 0 Å². The largest absolute Gasteiger partial charge is 0.497 e. The molecule has 0 fully saturated rings. The number of methoxy groups -OCH3 is 2. The summed E-state index contributed by atoms with van der Waals surface area (Å²) in [4.78, 5) is 90.8. The number of aromatic amines is 2. The number of H-pyrrole nitrogens is 2. The number of hydrogen-bond donors (Lipinski definition) is 6. The van der Waals surface area contributed by atoms with Gasteiger partial charge >= 0.3 is 12.1 Å². The highest BCUT2D eigenvalue weighted by Gasteiger charge is 2.36. The third kappa shape index (κ3) is 16.1. The zero-order chi connectivity index (χ0) is 73.0. The van der Waals surface area contributed by atoms with Gasteiger partial charge in [-0.15, -0.1) is 0 Å². The number of nitrogens with one attached hydrogen (secondary N) is 4. The molecule has 0 saturated heterocycles. The molecule has 8 aromatic rings. The SMILES string of the molecule is CCC(Oc1ccc(C(C)(C)CC)cc1C(C)(C)CC)C(=O)Nc1cccc(N(C(N)=O)c2[nH]n(-c3c(Cl)cc(OC)cc3Cl)c(=O)c2Cc2c(N(C(N)=O)c3cccc(NC(=O)C(CC)Oc4ccc(C(C)(C)CC)cc4C(C)(C)CC)c3)[nH]n(-c3c(Cl)cc(OC)cc3Cl)c2=O)c1. The molecule has 6 aromatic carbocycles. The topological polar surface area (TPSA) is 263 Å². The van der Waals surface area contributed by atoms with Crippen molar-refractivity contribution in [2.24, 2.45) is 11.5 Å². The lowest BCUT2D eigenvalue weighted by Gasteiger charge is -2.31. The maximum absolute atomic E-state index is 15.6. The van der Waals surface area contributed by atoms with Gasteiger partial charge in [0.15, 0.2) is 12.2 Å². The molecule has 20 nitrogen and oxygen atoms in total. The normalized spacial score (nSPS) is 12.6. The highest BCUT2D eigenvalue weighted by Crippen LogP contribution is 2.43. The van der Waals surface area contributed by atoms with E-state index in [-0.39, 0.29) is 123 Å². The van der Waals surface area contributed by atoms with Crippen LogP contribution in [-0.2, 0) is 37.7 Å². The number of aromatic nitrogens is 4. The summed E-state index contributed by atoms with van der Waals surface area (Å²) >= 11 is 27.7. The molecule has 8 rings (SSSR count). The molecule has 0 spiro atoms. The number of rotatable bonds is 28. The van der Waals surface area contributed by atoms with Gasteiger partial charge < -0.3 is 41.0 Å². The Labute approximate surface area is 598 Å². The summed E-state index contributed by atoms with van der Waals surface area (Å²) in [5, 5.41) is 11.6. The molecule has 24 heteroatoms. The first-order valence-electron chi connectivity index (χ1n) is 33.0. The van der Waals surface area contributed by atoms with Crippen LogP contribution in [0.25, 0.3) is 11.4 Å². The Hall–Kier alpha value is -8.82. The molecule has 2 atom stereocenters. The van der Waals surface area contributed by atoms with Gasteiger partial charge in [-0.3, -0.25) is 29.4 Å². The van der Waals surface area contributed by atoms with Crippen LogP contribution in [0.15, 0.2) is 119 Å². The van der Waals surface area contributed by atoms with Crippen LogP contribution >= 0.6 is 46.4 Å². The number of nitrogens with two attached hydrogens (primary N) is 2. The number of halogens is 4. The zero-order valence-corrected chi connectivity index (χ0v) is 62.1. The van der Waals surface area contributed by atoms with E-state index in [1.165, 1.54) is 62.8 Å². The molecule has 6 amide bonds.